The van der Waals surface area contributed by atoms with Crippen molar-refractivity contribution >= 4 is 25.1 Å². The molecule has 1 aromatic rings. The topological polar surface area (TPSA) is 48.8 Å². The van der Waals surface area contributed by atoms with Crippen LogP contribution in [0.15, 0.2) is 22.1 Å². The van der Waals surface area contributed by atoms with E-state index in [1.54, 1.807) is 0 Å². The predicted octanol–water partition coefficient (Wildman–Crippen LogP) is 0.152. The van der Waals surface area contributed by atoms with E-state index < -0.39 is 12.4 Å². The van der Waals surface area contributed by atoms with E-state index in [9.17, 15) is 12.9 Å². The molecule has 0 aliphatic rings. The van der Waals surface area contributed by atoms with E-state index in [0.717, 1.165) is 6.07 Å². The molecule has 0 bridgehead atoms. The number of azide groups is 1. The van der Waals surface area contributed by atoms with Gasteiger partial charge in [0.05, 0.1) is 6.54 Å². The minimum atomic E-state index is -5.07. The van der Waals surface area contributed by atoms with Crippen LogP contribution >= 0.6 is 12.6 Å². The first kappa shape index (κ1) is 17.4. The molecule has 0 N–H and O–H groups in total. The van der Waals surface area contributed by atoms with E-state index in [-0.39, 0.29) is 68.4 Å². The normalized spacial score (nSPS) is 10.4. The van der Waals surface area contributed by atoms with Gasteiger partial charge in [-0.1, -0.05) is 16.7 Å². The molecule has 0 atom stereocenters. The molecule has 0 heterocycles. The molecular weight excluding hydrogens is 277 g/mol. The Morgan fingerprint density at radius 3 is 2.47 bits per heavy atom. The van der Waals surface area contributed by atoms with Gasteiger partial charge in [-0.3, -0.25) is 0 Å². The van der Waals surface area contributed by atoms with E-state index in [1.165, 1.54) is 13.0 Å². The SMILES string of the molecule is Cc1c(S)cc(CN=[N+]=[N-])cc1[B-](F)(F)F.[K+]. The van der Waals surface area contributed by atoms with Gasteiger partial charge in [-0.25, -0.2) is 0 Å². The average molecular weight is 285 g/mol. The fraction of sp³-hybridized carbons (Fsp3) is 0.250. The van der Waals surface area contributed by atoms with Crippen molar-refractivity contribution in [3.05, 3.63) is 33.7 Å². The van der Waals surface area contributed by atoms with E-state index in [4.69, 9.17) is 5.53 Å². The first-order chi connectivity index (χ1) is 7.36. The van der Waals surface area contributed by atoms with Crippen LogP contribution in [-0.2, 0) is 6.54 Å². The molecule has 17 heavy (non-hydrogen) atoms. The van der Waals surface area contributed by atoms with Crippen LogP contribution in [0.4, 0.5) is 12.9 Å². The molecule has 0 saturated heterocycles. The average Bonchev–Trinajstić information content (AvgIpc) is 2.17. The van der Waals surface area contributed by atoms with Gasteiger partial charge in [-0.15, -0.1) is 18.1 Å². The Hall–Kier alpha value is 0.371. The standard InChI is InChI=1S/C8H8BF3N3S.K/c1-5-7(9(10,11)12)2-6(3-8(5)16)4-14-15-13;/h2-3,16H,4H2,1H3;/q-1;+1. The Bertz CT molecular complexity index is 460. The molecule has 0 fully saturated rings. The molecule has 0 unspecified atom stereocenters. The molecule has 1 aromatic carbocycles. The Balaban J connectivity index is 0.00000256. The Morgan fingerprint density at radius 1 is 1.41 bits per heavy atom. The van der Waals surface area contributed by atoms with Crippen molar-refractivity contribution in [2.75, 3.05) is 0 Å². The maximum absolute atomic E-state index is 12.7. The second kappa shape index (κ2) is 7.08. The van der Waals surface area contributed by atoms with Gasteiger partial charge >= 0.3 is 58.4 Å². The molecule has 3 nitrogen and oxygen atoms in total. The Labute approximate surface area is 145 Å². The van der Waals surface area contributed by atoms with Crippen LogP contribution in [0, 0.1) is 6.92 Å². The molecule has 0 spiro atoms. The third-order valence-electron chi connectivity index (χ3n) is 2.15. The maximum atomic E-state index is 12.7. The fourth-order valence-electron chi connectivity index (χ4n) is 1.33. The van der Waals surface area contributed by atoms with Crippen LogP contribution in [0.5, 0.6) is 0 Å². The number of rotatable bonds is 3. The molecule has 0 aliphatic carbocycles. The summed E-state index contributed by atoms with van der Waals surface area (Å²) < 4.78 is 38.0. The zero-order valence-electron chi connectivity index (χ0n) is 9.36. The van der Waals surface area contributed by atoms with Gasteiger partial charge in [0.2, 0.25) is 0 Å². The molecule has 0 radical (unpaired) electrons. The van der Waals surface area contributed by atoms with Crippen molar-refractivity contribution in [3.8, 4) is 0 Å². The van der Waals surface area contributed by atoms with Crippen LogP contribution in [0.3, 0.4) is 0 Å². The summed E-state index contributed by atoms with van der Waals surface area (Å²) in [5.74, 6) is 0. The summed E-state index contributed by atoms with van der Waals surface area (Å²) in [7, 11) is 0. The van der Waals surface area contributed by atoms with E-state index in [1.807, 2.05) is 0 Å². The fourth-order valence-corrected chi connectivity index (χ4v) is 1.62. The molecule has 0 aliphatic heterocycles. The number of thiol groups is 1. The molecule has 86 valence electrons. The van der Waals surface area contributed by atoms with E-state index >= 15 is 0 Å². The molecule has 0 amide bonds. The van der Waals surface area contributed by atoms with E-state index in [2.05, 4.69) is 22.7 Å². The van der Waals surface area contributed by atoms with Gasteiger partial charge in [0.1, 0.15) is 0 Å². The number of hydrogen-bond acceptors (Lipinski definition) is 2. The van der Waals surface area contributed by atoms with Gasteiger partial charge in [0, 0.05) is 9.81 Å². The summed E-state index contributed by atoms with van der Waals surface area (Å²) in [6.07, 6.45) is 0. The summed E-state index contributed by atoms with van der Waals surface area (Å²) in [4.78, 5) is 2.75. The number of benzene rings is 1. The largest absolute Gasteiger partial charge is 1.00 e. The summed E-state index contributed by atoms with van der Waals surface area (Å²) >= 11 is 3.97. The quantitative estimate of drug-likeness (QED) is 0.270. The smallest absolute Gasteiger partial charge is 0.445 e. The summed E-state index contributed by atoms with van der Waals surface area (Å²) in [5.41, 5.74) is 7.82. The predicted molar refractivity (Wildman–Crippen MR) is 60.0 cm³/mol. The third kappa shape index (κ3) is 4.86. The second-order valence-corrected chi connectivity index (χ2v) is 3.77. The minimum Gasteiger partial charge on any atom is -0.445 e. The molecule has 0 aromatic heterocycles. The van der Waals surface area contributed by atoms with Crippen LogP contribution in [0.2, 0.25) is 0 Å². The van der Waals surface area contributed by atoms with Crippen LogP contribution in [-0.4, -0.2) is 6.98 Å². The summed E-state index contributed by atoms with van der Waals surface area (Å²) in [6.45, 7) is -3.81. The van der Waals surface area contributed by atoms with Crippen LogP contribution in [0.25, 0.3) is 10.4 Å². The molecule has 1 rings (SSSR count). The van der Waals surface area contributed by atoms with Gasteiger partial charge in [0.15, 0.2) is 0 Å². The minimum absolute atomic E-state index is 0. The number of nitrogens with zero attached hydrogens (tertiary/aromatic N) is 3. The number of halogens is 3. The maximum Gasteiger partial charge on any atom is 1.00 e. The van der Waals surface area contributed by atoms with E-state index in [0.29, 0.717) is 5.56 Å². The Kier molecular flexibility index (Phi) is 7.24. The zero-order chi connectivity index (χ0) is 12.3. The second-order valence-electron chi connectivity index (χ2n) is 3.29. The first-order valence-corrected chi connectivity index (χ1v) is 4.84. The summed E-state index contributed by atoms with van der Waals surface area (Å²) in [5, 5.41) is 3.22. The number of hydrogen-bond donors (Lipinski definition) is 1. The van der Waals surface area contributed by atoms with Gasteiger partial charge in [0.25, 0.3) is 0 Å². The van der Waals surface area contributed by atoms with Crippen molar-refractivity contribution in [1.29, 1.82) is 0 Å². The molecule has 9 heteroatoms. The van der Waals surface area contributed by atoms with Gasteiger partial charge in [-0.2, -0.15) is 0 Å². The van der Waals surface area contributed by atoms with Crippen molar-refractivity contribution < 1.29 is 64.3 Å². The van der Waals surface area contributed by atoms with Crippen LogP contribution in [0.1, 0.15) is 11.1 Å². The van der Waals surface area contributed by atoms with Gasteiger partial charge in [-0.05, 0) is 24.1 Å². The molecule has 0 saturated carbocycles. The monoisotopic (exact) mass is 285 g/mol. The first-order valence-electron chi connectivity index (χ1n) is 4.39. The Morgan fingerprint density at radius 2 is 2.00 bits per heavy atom. The van der Waals surface area contributed by atoms with Crippen molar-refractivity contribution in [1.82, 2.24) is 0 Å². The third-order valence-corrected chi connectivity index (χ3v) is 2.61. The summed E-state index contributed by atoms with van der Waals surface area (Å²) in [6, 6.07) is 2.47. The van der Waals surface area contributed by atoms with Crippen LogP contribution < -0.4 is 56.8 Å². The van der Waals surface area contributed by atoms with Crippen molar-refractivity contribution in [2.45, 2.75) is 18.4 Å². The van der Waals surface area contributed by atoms with Gasteiger partial charge < -0.3 is 12.9 Å². The van der Waals surface area contributed by atoms with Crippen molar-refractivity contribution in [3.63, 3.8) is 0 Å². The van der Waals surface area contributed by atoms with Crippen molar-refractivity contribution in [2.24, 2.45) is 5.11 Å². The zero-order valence-corrected chi connectivity index (χ0v) is 13.4. The molecular formula is C8H8BF3KN3S.